The molecule has 6 aliphatic rings. The van der Waals surface area contributed by atoms with Gasteiger partial charge < -0.3 is 14.7 Å². The van der Waals surface area contributed by atoms with Gasteiger partial charge in [0.1, 0.15) is 0 Å². The van der Waals surface area contributed by atoms with Crippen LogP contribution in [0.25, 0.3) is 27.7 Å². The Morgan fingerprint density at radius 2 is 0.952 bits per heavy atom. The summed E-state index contributed by atoms with van der Waals surface area (Å²) in [5.74, 6) is 0. The number of fused-ring (bicyclic) bond motifs is 5. The third kappa shape index (κ3) is 8.68. The molecule has 2 aliphatic heterocycles. The molecule has 0 spiro atoms. The van der Waals surface area contributed by atoms with E-state index in [4.69, 9.17) is 12.6 Å². The maximum Gasteiger partial charge on any atom is 0.253 e. The molecule has 0 N–H and O–H groups in total. The number of hydrogen-bond donors (Lipinski definition) is 1. The summed E-state index contributed by atoms with van der Waals surface area (Å²) in [7, 11) is 0. The van der Waals surface area contributed by atoms with E-state index in [1.54, 1.807) is 11.1 Å². The zero-order valence-electron chi connectivity index (χ0n) is 51.5. The minimum atomic E-state index is -0.132. The van der Waals surface area contributed by atoms with E-state index in [0.29, 0.717) is 0 Å². The topological polar surface area (TPSA) is 9.72 Å². The maximum absolute atomic E-state index is 6.10. The molecule has 0 saturated heterocycles. The lowest BCUT2D eigenvalue weighted by Crippen LogP contribution is -2.55. The number of para-hydroxylation sites is 2. The van der Waals surface area contributed by atoms with Gasteiger partial charge in [0.15, 0.2) is 0 Å². The average molecular weight is 1110 g/mol. The van der Waals surface area contributed by atoms with Crippen molar-refractivity contribution in [2.75, 3.05) is 14.7 Å². The summed E-state index contributed by atoms with van der Waals surface area (Å²) >= 11 is 6.10. The number of aryl methyl sites for hydroxylation is 3. The van der Waals surface area contributed by atoms with Crippen molar-refractivity contribution in [3.05, 3.63) is 243 Å². The number of benzene rings is 9. The molecule has 2 bridgehead atoms. The molecule has 9 aromatic carbocycles. The zero-order valence-corrected chi connectivity index (χ0v) is 52.4. The van der Waals surface area contributed by atoms with Crippen LogP contribution in [0.4, 0.5) is 45.5 Å². The van der Waals surface area contributed by atoms with Gasteiger partial charge in [-0.25, -0.2) is 0 Å². The second-order valence-electron chi connectivity index (χ2n) is 28.5. The van der Waals surface area contributed by atoms with Crippen LogP contribution in [0.3, 0.4) is 0 Å². The number of nitrogens with zero attached hydrogens (tertiary/aromatic N) is 3. The van der Waals surface area contributed by atoms with E-state index in [-0.39, 0.29) is 33.8 Å². The lowest BCUT2D eigenvalue weighted by molar-refractivity contribution is 0.187. The summed E-state index contributed by atoms with van der Waals surface area (Å²) in [5, 5.41) is 1.00. The van der Waals surface area contributed by atoms with Crippen molar-refractivity contribution in [2.24, 2.45) is 0 Å². The molecule has 0 unspecified atom stereocenters. The molecule has 0 amide bonds. The molecule has 420 valence electrons. The molecule has 84 heavy (non-hydrogen) atoms. The van der Waals surface area contributed by atoms with Gasteiger partial charge in [-0.05, 0) is 254 Å². The van der Waals surface area contributed by atoms with Crippen LogP contribution in [0, 0.1) is 20.8 Å². The van der Waals surface area contributed by atoms with Crippen molar-refractivity contribution in [2.45, 2.75) is 149 Å². The smallest absolute Gasteiger partial charge is 0.253 e. The fourth-order valence-corrected chi connectivity index (χ4v) is 16.2. The summed E-state index contributed by atoms with van der Waals surface area (Å²) in [6.45, 7) is 28.9. The number of thiol groups is 1. The Labute approximate surface area is 507 Å². The average Bonchev–Trinajstić information content (AvgIpc) is 0.808. The number of anilines is 8. The Bertz CT molecular complexity index is 4080. The molecular formula is C79H80BN3S. The maximum atomic E-state index is 6.10. The van der Waals surface area contributed by atoms with Crippen LogP contribution in [0.15, 0.2) is 193 Å². The van der Waals surface area contributed by atoms with E-state index < -0.39 is 0 Å². The van der Waals surface area contributed by atoms with Gasteiger partial charge in [0.25, 0.3) is 6.71 Å². The molecule has 15 rings (SSSR count). The first-order chi connectivity index (χ1) is 40.1. The Morgan fingerprint density at radius 3 is 1.54 bits per heavy atom. The predicted molar refractivity (Wildman–Crippen MR) is 364 cm³/mol. The standard InChI is InChI=1S/C79H80BN3S/c1-50-44-65-66(79(12)40-38-78(65,11)39-41-79)49-62(50)71-74(84)82(61-33-34-63-64(48-61)77(9,10)37-36-76(63,7)8)69-45-56(54-28-31-60(32-29-54)81(58-24-18-14-19-25-58)59-26-20-15-21-27-59)46-70-72(69)80(71)67-47-57(75(4,5)6)30-35-68(67)83(70)73-51(2)42-55(43-52(73)3)53-22-16-13-17-23-53/h13-35,42-49,84H,36-41H2,1-12H3. The summed E-state index contributed by atoms with van der Waals surface area (Å²) in [5.41, 5.74) is 30.8. The first-order valence-electron chi connectivity index (χ1n) is 31.0. The summed E-state index contributed by atoms with van der Waals surface area (Å²) in [4.78, 5) is 7.60. The van der Waals surface area contributed by atoms with Crippen molar-refractivity contribution in [1.82, 2.24) is 0 Å². The summed E-state index contributed by atoms with van der Waals surface area (Å²) in [6.07, 6.45) is 7.25. The monoisotopic (exact) mass is 1110 g/mol. The van der Waals surface area contributed by atoms with Crippen LogP contribution in [-0.4, -0.2) is 6.71 Å². The van der Waals surface area contributed by atoms with E-state index in [2.05, 4.69) is 286 Å². The van der Waals surface area contributed by atoms with Crippen molar-refractivity contribution < 1.29 is 0 Å². The van der Waals surface area contributed by atoms with Gasteiger partial charge in [-0.15, -0.1) is 12.6 Å². The van der Waals surface area contributed by atoms with Gasteiger partial charge in [-0.1, -0.05) is 172 Å². The summed E-state index contributed by atoms with van der Waals surface area (Å²) in [6, 6.07) is 71.8. The molecule has 9 aromatic rings. The van der Waals surface area contributed by atoms with Crippen LogP contribution in [0.2, 0.25) is 0 Å². The van der Waals surface area contributed by atoms with Crippen molar-refractivity contribution >= 4 is 81.2 Å². The highest BCUT2D eigenvalue weighted by molar-refractivity contribution is 7.85. The lowest BCUT2D eigenvalue weighted by atomic mass is 9.32. The van der Waals surface area contributed by atoms with E-state index in [1.165, 1.54) is 115 Å². The second-order valence-corrected chi connectivity index (χ2v) is 28.9. The number of rotatable bonds is 8. The van der Waals surface area contributed by atoms with Crippen molar-refractivity contribution in [3.8, 4) is 22.3 Å². The van der Waals surface area contributed by atoms with Crippen LogP contribution < -0.4 is 25.6 Å². The molecule has 0 atom stereocenters. The van der Waals surface area contributed by atoms with Crippen LogP contribution in [-0.2, 0) is 27.1 Å². The fourth-order valence-electron chi connectivity index (χ4n) is 15.8. The van der Waals surface area contributed by atoms with Crippen molar-refractivity contribution in [1.29, 1.82) is 0 Å². The van der Waals surface area contributed by atoms with Gasteiger partial charge in [-0.2, -0.15) is 0 Å². The Morgan fingerprint density at radius 1 is 0.440 bits per heavy atom. The Hall–Kier alpha value is -7.47. The van der Waals surface area contributed by atoms with Crippen LogP contribution in [0.1, 0.15) is 151 Å². The first kappa shape index (κ1) is 54.5. The van der Waals surface area contributed by atoms with Gasteiger partial charge in [0.05, 0.1) is 10.7 Å². The van der Waals surface area contributed by atoms with E-state index in [1.807, 2.05) is 0 Å². The van der Waals surface area contributed by atoms with Crippen molar-refractivity contribution in [3.63, 3.8) is 0 Å². The van der Waals surface area contributed by atoms with E-state index >= 15 is 0 Å². The molecule has 2 heterocycles. The third-order valence-electron chi connectivity index (χ3n) is 20.9. The molecule has 3 nitrogen and oxygen atoms in total. The Kier molecular flexibility index (Phi) is 12.7. The first-order valence-corrected chi connectivity index (χ1v) is 31.4. The van der Waals surface area contributed by atoms with Gasteiger partial charge >= 0.3 is 0 Å². The van der Waals surface area contributed by atoms with Gasteiger partial charge in [0.2, 0.25) is 0 Å². The second kappa shape index (κ2) is 19.5. The molecule has 5 heteroatoms. The fraction of sp³-hybridized carbons (Fsp3) is 0.291. The minimum Gasteiger partial charge on any atom is -0.311 e. The molecule has 1 fully saturated rings. The highest BCUT2D eigenvalue weighted by Crippen LogP contribution is 2.59. The quantitative estimate of drug-likeness (QED) is 0.120. The summed E-state index contributed by atoms with van der Waals surface area (Å²) < 4.78 is 0. The van der Waals surface area contributed by atoms with Crippen LogP contribution >= 0.6 is 12.6 Å². The zero-order chi connectivity index (χ0) is 58.4. The highest BCUT2D eigenvalue weighted by Gasteiger charge is 2.51. The largest absolute Gasteiger partial charge is 0.311 e. The molecule has 4 aliphatic carbocycles. The van der Waals surface area contributed by atoms with Gasteiger partial charge in [-0.3, -0.25) is 0 Å². The van der Waals surface area contributed by atoms with E-state index in [0.717, 1.165) is 51.7 Å². The lowest BCUT2D eigenvalue weighted by Gasteiger charge is -2.52. The Balaban J connectivity index is 1.08. The van der Waals surface area contributed by atoms with Gasteiger partial charge in [0, 0.05) is 39.8 Å². The highest BCUT2D eigenvalue weighted by atomic mass is 32.1. The van der Waals surface area contributed by atoms with Crippen LogP contribution in [0.5, 0.6) is 0 Å². The SMILES string of the molecule is Cc1cc2c(cc1C1=C(S)N(c3ccc4c(c3)C(C)(C)CCC4(C)C)c3cc(-c4ccc(N(c5ccccc5)c5ccccc5)cc4)cc4c3B1c1cc(C(C)(C)C)ccc1N4c1c(C)cc(-c3ccccc3)cc1C)C1(C)CCC2(C)CC1. The van der Waals surface area contributed by atoms with E-state index in [9.17, 15) is 0 Å². The normalized spacial score (nSPS) is 19.8. The molecule has 0 aromatic heterocycles. The number of hydrogen-bond acceptors (Lipinski definition) is 4. The minimum absolute atomic E-state index is 0.00108. The molecular weight excluding hydrogens is 1030 g/mol. The molecule has 0 radical (unpaired) electrons. The third-order valence-corrected chi connectivity index (χ3v) is 21.4. The predicted octanol–water partition coefficient (Wildman–Crippen LogP) is 20.5. The molecule has 1 saturated carbocycles.